The number of pyridine rings is 1. The van der Waals surface area contributed by atoms with E-state index < -0.39 is 0 Å². The molecular weight excluding hydrogens is 324 g/mol. The number of rotatable bonds is 4. The third-order valence-electron chi connectivity index (χ3n) is 4.69. The first-order valence-corrected chi connectivity index (χ1v) is 9.63. The van der Waals surface area contributed by atoms with Crippen molar-refractivity contribution in [3.05, 3.63) is 82.3 Å². The highest BCUT2D eigenvalue weighted by molar-refractivity contribution is 7.11. The van der Waals surface area contributed by atoms with Crippen molar-refractivity contribution in [1.29, 1.82) is 0 Å². The molecule has 0 bridgehead atoms. The van der Waals surface area contributed by atoms with Crippen molar-refractivity contribution in [1.82, 2.24) is 10.3 Å². The normalized spacial score (nSPS) is 17.3. The average Bonchev–Trinajstić information content (AvgIpc) is 3.17. The molecule has 2 nitrogen and oxygen atoms in total. The molecule has 1 aliphatic rings. The monoisotopic (exact) mass is 346 g/mol. The Bertz CT molecular complexity index is 881. The molecule has 0 fully saturated rings. The Kier molecular flexibility index (Phi) is 4.77. The van der Waals surface area contributed by atoms with Crippen LogP contribution in [0.25, 0.3) is 16.7 Å². The number of benzene rings is 1. The minimum atomic E-state index is 0.469. The van der Waals surface area contributed by atoms with Crippen LogP contribution in [0.3, 0.4) is 0 Å². The van der Waals surface area contributed by atoms with Crippen LogP contribution >= 0.6 is 11.3 Å². The molecule has 25 heavy (non-hydrogen) atoms. The van der Waals surface area contributed by atoms with E-state index in [9.17, 15) is 0 Å². The van der Waals surface area contributed by atoms with Crippen molar-refractivity contribution < 1.29 is 0 Å². The molecule has 0 spiro atoms. The Labute approximate surface area is 153 Å². The predicted octanol–water partition coefficient (Wildman–Crippen LogP) is 5.11. The highest BCUT2D eigenvalue weighted by Gasteiger charge is 2.17. The maximum Gasteiger partial charge on any atom is 0.0346 e. The van der Waals surface area contributed by atoms with Crippen molar-refractivity contribution >= 4 is 16.9 Å². The summed E-state index contributed by atoms with van der Waals surface area (Å²) in [6.45, 7) is 3.08. The van der Waals surface area contributed by atoms with Crippen LogP contribution in [0.4, 0.5) is 0 Å². The van der Waals surface area contributed by atoms with Crippen LogP contribution in [0.1, 0.15) is 22.4 Å². The molecular formula is C22H22N2S. The molecule has 4 rings (SSSR count). The van der Waals surface area contributed by atoms with Crippen LogP contribution < -0.4 is 5.32 Å². The summed E-state index contributed by atoms with van der Waals surface area (Å²) in [6, 6.07) is 15.7. The zero-order valence-corrected chi connectivity index (χ0v) is 15.2. The lowest BCUT2D eigenvalue weighted by Crippen LogP contribution is -2.34. The Balaban J connectivity index is 1.50. The molecule has 1 aromatic carbocycles. The summed E-state index contributed by atoms with van der Waals surface area (Å²) < 4.78 is 0. The molecule has 1 aliphatic heterocycles. The van der Waals surface area contributed by atoms with Crippen LogP contribution in [0, 0.1) is 6.92 Å². The van der Waals surface area contributed by atoms with Crippen molar-refractivity contribution in [2.45, 2.75) is 25.8 Å². The number of hydrogen-bond acceptors (Lipinski definition) is 3. The van der Waals surface area contributed by atoms with Gasteiger partial charge in [-0.3, -0.25) is 4.98 Å². The maximum absolute atomic E-state index is 4.48. The van der Waals surface area contributed by atoms with Crippen molar-refractivity contribution in [3.63, 3.8) is 0 Å². The lowest BCUT2D eigenvalue weighted by molar-refractivity contribution is 0.533. The molecule has 0 amide bonds. The second kappa shape index (κ2) is 7.34. The van der Waals surface area contributed by atoms with Gasteiger partial charge in [-0.15, -0.1) is 11.3 Å². The van der Waals surface area contributed by atoms with Gasteiger partial charge in [0.05, 0.1) is 0 Å². The minimum Gasteiger partial charge on any atom is -0.310 e. The van der Waals surface area contributed by atoms with Crippen LogP contribution in [0.5, 0.6) is 0 Å². The molecule has 0 saturated carbocycles. The summed E-state index contributed by atoms with van der Waals surface area (Å²) in [5, 5.41) is 5.78. The number of nitrogens with zero attached hydrogens (tertiary/aromatic N) is 1. The molecule has 0 aliphatic carbocycles. The lowest BCUT2D eigenvalue weighted by atomic mass is 9.95. The quantitative estimate of drug-likeness (QED) is 0.710. The molecule has 1 atom stereocenters. The Morgan fingerprint density at radius 3 is 2.92 bits per heavy atom. The first kappa shape index (κ1) is 16.2. The van der Waals surface area contributed by atoms with Crippen LogP contribution in [0.2, 0.25) is 0 Å². The van der Waals surface area contributed by atoms with E-state index in [4.69, 9.17) is 0 Å². The fourth-order valence-corrected chi connectivity index (χ4v) is 4.22. The molecule has 2 aromatic heterocycles. The smallest absolute Gasteiger partial charge is 0.0346 e. The molecule has 0 radical (unpaired) electrons. The molecule has 1 N–H and O–H groups in total. The predicted molar refractivity (Wildman–Crippen MR) is 107 cm³/mol. The van der Waals surface area contributed by atoms with E-state index in [0.29, 0.717) is 6.04 Å². The Hall–Kier alpha value is -2.23. The van der Waals surface area contributed by atoms with Gasteiger partial charge >= 0.3 is 0 Å². The fourth-order valence-electron chi connectivity index (χ4n) is 3.44. The average molecular weight is 346 g/mol. The second-order valence-corrected chi connectivity index (χ2v) is 7.62. The number of thiophene rings is 1. The fraction of sp³-hybridized carbons (Fsp3) is 0.227. The third-order valence-corrected chi connectivity index (χ3v) is 5.63. The molecule has 1 unspecified atom stereocenters. The summed E-state index contributed by atoms with van der Waals surface area (Å²) in [5.74, 6) is 0. The Morgan fingerprint density at radius 1 is 1.12 bits per heavy atom. The van der Waals surface area contributed by atoms with Gasteiger partial charge < -0.3 is 5.32 Å². The van der Waals surface area contributed by atoms with E-state index >= 15 is 0 Å². The van der Waals surface area contributed by atoms with Gasteiger partial charge in [0.2, 0.25) is 0 Å². The van der Waals surface area contributed by atoms with Crippen molar-refractivity contribution in [2.75, 3.05) is 6.54 Å². The molecule has 3 aromatic rings. The first-order valence-electron chi connectivity index (χ1n) is 8.75. The van der Waals surface area contributed by atoms with E-state index in [-0.39, 0.29) is 0 Å². The van der Waals surface area contributed by atoms with Crippen LogP contribution in [-0.2, 0) is 6.42 Å². The van der Waals surface area contributed by atoms with Gasteiger partial charge in [0, 0.05) is 35.4 Å². The highest BCUT2D eigenvalue weighted by atomic mass is 32.1. The van der Waals surface area contributed by atoms with Gasteiger partial charge in [-0.05, 0) is 54.0 Å². The van der Waals surface area contributed by atoms with E-state index in [2.05, 4.69) is 71.1 Å². The van der Waals surface area contributed by atoms with Crippen LogP contribution in [0.15, 0.2) is 66.3 Å². The minimum absolute atomic E-state index is 0.469. The van der Waals surface area contributed by atoms with Gasteiger partial charge in [0.1, 0.15) is 0 Å². The zero-order chi connectivity index (χ0) is 17.1. The van der Waals surface area contributed by atoms with Crippen molar-refractivity contribution in [3.8, 4) is 11.1 Å². The van der Waals surface area contributed by atoms with E-state index in [1.165, 1.54) is 32.7 Å². The van der Waals surface area contributed by atoms with Gasteiger partial charge in [0.15, 0.2) is 0 Å². The summed E-state index contributed by atoms with van der Waals surface area (Å²) in [4.78, 5) is 5.89. The number of nitrogens with one attached hydrogen (secondary N) is 1. The molecule has 0 saturated heterocycles. The first-order chi connectivity index (χ1) is 12.3. The topological polar surface area (TPSA) is 24.9 Å². The summed E-state index contributed by atoms with van der Waals surface area (Å²) in [5.41, 5.74) is 6.49. The van der Waals surface area contributed by atoms with Gasteiger partial charge in [-0.1, -0.05) is 42.0 Å². The standard InChI is InChI=1S/C22H22N2S/c1-16-4-2-5-18(10-16)20-11-17(14-23-15-20)12-21-13-19(7-8-24-21)22-6-3-9-25-22/h2-7,9-11,14-15,21,24H,8,12-13H2,1H3. The number of aryl methyl sites for hydroxylation is 1. The van der Waals surface area contributed by atoms with E-state index in [1.807, 2.05) is 23.7 Å². The third kappa shape index (κ3) is 3.89. The number of aromatic nitrogens is 1. The van der Waals surface area contributed by atoms with Gasteiger partial charge in [0.25, 0.3) is 0 Å². The van der Waals surface area contributed by atoms with E-state index in [0.717, 1.165) is 19.4 Å². The van der Waals surface area contributed by atoms with Crippen LogP contribution in [-0.4, -0.2) is 17.6 Å². The zero-order valence-electron chi connectivity index (χ0n) is 14.4. The summed E-state index contributed by atoms with van der Waals surface area (Å²) in [6.07, 6.45) is 8.38. The second-order valence-electron chi connectivity index (χ2n) is 6.67. The van der Waals surface area contributed by atoms with E-state index in [1.54, 1.807) is 0 Å². The van der Waals surface area contributed by atoms with Crippen molar-refractivity contribution in [2.24, 2.45) is 0 Å². The summed E-state index contributed by atoms with van der Waals surface area (Å²) in [7, 11) is 0. The maximum atomic E-state index is 4.48. The summed E-state index contributed by atoms with van der Waals surface area (Å²) >= 11 is 1.83. The molecule has 3 heteroatoms. The molecule has 126 valence electrons. The Morgan fingerprint density at radius 2 is 2.08 bits per heavy atom. The largest absolute Gasteiger partial charge is 0.310 e. The lowest BCUT2D eigenvalue weighted by Gasteiger charge is -2.24. The number of hydrogen-bond donors (Lipinski definition) is 1. The highest BCUT2D eigenvalue weighted by Crippen LogP contribution is 2.28. The van der Waals surface area contributed by atoms with Gasteiger partial charge in [-0.2, -0.15) is 0 Å². The molecule has 3 heterocycles. The SMILES string of the molecule is Cc1cccc(-c2cncc(CC3CC(c4cccs4)=CCN3)c2)c1. The van der Waals surface area contributed by atoms with Gasteiger partial charge in [-0.25, -0.2) is 0 Å².